The van der Waals surface area contributed by atoms with Gasteiger partial charge >= 0.3 is 5.97 Å². The van der Waals surface area contributed by atoms with Gasteiger partial charge in [-0.25, -0.2) is 4.79 Å². The van der Waals surface area contributed by atoms with Crippen LogP contribution in [0.1, 0.15) is 42.1 Å². The van der Waals surface area contributed by atoms with Crippen molar-refractivity contribution < 1.29 is 19.0 Å². The number of allylic oxidation sites excluding steroid dienone is 1. The lowest BCUT2D eigenvalue weighted by Crippen LogP contribution is -2.29. The summed E-state index contributed by atoms with van der Waals surface area (Å²) in [5.74, 6) is 1.16. The average Bonchev–Trinajstić information content (AvgIpc) is 3.40. The van der Waals surface area contributed by atoms with E-state index in [-0.39, 0.29) is 6.61 Å². The summed E-state index contributed by atoms with van der Waals surface area (Å²) in [7, 11) is 0. The predicted molar refractivity (Wildman–Crippen MR) is 142 cm³/mol. The molecule has 194 valence electrons. The molecule has 38 heavy (non-hydrogen) atoms. The van der Waals surface area contributed by atoms with Crippen LogP contribution in [-0.4, -0.2) is 32.8 Å². The molecule has 0 radical (unpaired) electrons. The van der Waals surface area contributed by atoms with Gasteiger partial charge in [0.05, 0.1) is 12.2 Å². The van der Waals surface area contributed by atoms with Gasteiger partial charge in [-0.05, 0) is 65.6 Å². The number of ether oxygens (including phenoxy) is 3. The number of anilines is 1. The SMILES string of the molecule is CCOc1cc(C2C(C(=O)OCc3ccccc3)=C(C)Nc3nnnn32)ccc1OCc1ccccc1C. The normalized spacial score (nSPS) is 14.4. The van der Waals surface area contributed by atoms with Crippen molar-refractivity contribution >= 4 is 11.9 Å². The van der Waals surface area contributed by atoms with E-state index in [1.807, 2.05) is 80.6 Å². The molecule has 1 N–H and O–H groups in total. The Labute approximate surface area is 221 Å². The van der Waals surface area contributed by atoms with E-state index in [0.29, 0.717) is 41.9 Å². The molecule has 1 unspecified atom stereocenters. The van der Waals surface area contributed by atoms with E-state index in [0.717, 1.165) is 22.3 Å². The van der Waals surface area contributed by atoms with Crippen molar-refractivity contribution in [2.24, 2.45) is 0 Å². The van der Waals surface area contributed by atoms with Gasteiger partial charge < -0.3 is 19.5 Å². The van der Waals surface area contributed by atoms with Crippen LogP contribution in [0.4, 0.5) is 5.95 Å². The highest BCUT2D eigenvalue weighted by Gasteiger charge is 2.35. The molecule has 5 rings (SSSR count). The van der Waals surface area contributed by atoms with E-state index in [2.05, 4.69) is 33.8 Å². The van der Waals surface area contributed by atoms with Crippen LogP contribution in [0.15, 0.2) is 84.1 Å². The molecule has 0 amide bonds. The Morgan fingerprint density at radius 2 is 1.74 bits per heavy atom. The monoisotopic (exact) mass is 511 g/mol. The van der Waals surface area contributed by atoms with Gasteiger partial charge in [0.25, 0.3) is 0 Å². The molecule has 9 heteroatoms. The maximum Gasteiger partial charge on any atom is 0.338 e. The summed E-state index contributed by atoms with van der Waals surface area (Å²) in [6.45, 7) is 6.80. The van der Waals surface area contributed by atoms with Crippen LogP contribution < -0.4 is 14.8 Å². The molecule has 2 heterocycles. The van der Waals surface area contributed by atoms with Crippen molar-refractivity contribution in [2.75, 3.05) is 11.9 Å². The molecule has 1 atom stereocenters. The van der Waals surface area contributed by atoms with E-state index in [1.165, 1.54) is 0 Å². The average molecular weight is 512 g/mol. The number of carbonyl (C=O) groups excluding carboxylic acids is 1. The van der Waals surface area contributed by atoms with Gasteiger partial charge in [-0.1, -0.05) is 65.8 Å². The third-order valence-electron chi connectivity index (χ3n) is 6.37. The van der Waals surface area contributed by atoms with Gasteiger partial charge in [0.2, 0.25) is 5.95 Å². The molecule has 0 spiro atoms. The van der Waals surface area contributed by atoms with Gasteiger partial charge in [0, 0.05) is 5.70 Å². The Bertz CT molecular complexity index is 1460. The first-order valence-electron chi connectivity index (χ1n) is 12.5. The van der Waals surface area contributed by atoms with Crippen LogP contribution >= 0.6 is 0 Å². The fourth-order valence-electron chi connectivity index (χ4n) is 4.40. The van der Waals surface area contributed by atoms with Crippen LogP contribution in [0, 0.1) is 6.92 Å². The fourth-order valence-corrected chi connectivity index (χ4v) is 4.40. The standard InChI is InChI=1S/C29H29N5O4/c1-4-36-25-16-22(14-15-24(25)37-18-23-13-9-8-10-19(23)2)27-26(20(3)30-29-31-32-33-34(27)29)28(35)38-17-21-11-6-5-7-12-21/h5-16,27H,4,17-18H2,1-3H3,(H,30,31,33). The number of aromatic nitrogens is 4. The zero-order chi connectivity index (χ0) is 26.5. The zero-order valence-corrected chi connectivity index (χ0v) is 21.5. The number of rotatable bonds is 9. The number of carbonyl (C=O) groups is 1. The predicted octanol–water partition coefficient (Wildman–Crippen LogP) is 4.99. The third kappa shape index (κ3) is 5.22. The zero-order valence-electron chi connectivity index (χ0n) is 21.5. The minimum Gasteiger partial charge on any atom is -0.490 e. The first kappa shape index (κ1) is 25.0. The van der Waals surface area contributed by atoms with Crippen LogP contribution in [0.3, 0.4) is 0 Å². The molecule has 1 aliphatic heterocycles. The molecule has 9 nitrogen and oxygen atoms in total. The maximum absolute atomic E-state index is 13.4. The Balaban J connectivity index is 1.46. The second-order valence-corrected chi connectivity index (χ2v) is 8.93. The molecule has 0 saturated heterocycles. The Kier molecular flexibility index (Phi) is 7.35. The van der Waals surface area contributed by atoms with E-state index in [9.17, 15) is 4.79 Å². The first-order chi connectivity index (χ1) is 18.5. The molecule has 0 bridgehead atoms. The quantitative estimate of drug-likeness (QED) is 0.314. The molecule has 1 aliphatic rings. The van der Waals surface area contributed by atoms with Crippen LogP contribution in [0.5, 0.6) is 11.5 Å². The topological polar surface area (TPSA) is 100 Å². The van der Waals surface area contributed by atoms with E-state index in [1.54, 1.807) is 4.68 Å². The molecule has 0 fully saturated rings. The highest BCUT2D eigenvalue weighted by atomic mass is 16.5. The van der Waals surface area contributed by atoms with Crippen molar-refractivity contribution in [3.63, 3.8) is 0 Å². The van der Waals surface area contributed by atoms with Crippen LogP contribution in [0.25, 0.3) is 0 Å². The lowest BCUT2D eigenvalue weighted by atomic mass is 9.95. The van der Waals surface area contributed by atoms with Crippen molar-refractivity contribution in [3.05, 3.63) is 106 Å². The number of hydrogen-bond acceptors (Lipinski definition) is 8. The van der Waals surface area contributed by atoms with Gasteiger partial charge in [-0.2, -0.15) is 4.68 Å². The minimum absolute atomic E-state index is 0.154. The van der Waals surface area contributed by atoms with Crippen LogP contribution in [0.2, 0.25) is 0 Å². The molecule has 1 aromatic heterocycles. The number of benzene rings is 3. The largest absolute Gasteiger partial charge is 0.490 e. The summed E-state index contributed by atoms with van der Waals surface area (Å²) in [6.07, 6.45) is 0. The summed E-state index contributed by atoms with van der Waals surface area (Å²) < 4.78 is 19.4. The smallest absolute Gasteiger partial charge is 0.338 e. The first-order valence-corrected chi connectivity index (χ1v) is 12.5. The summed E-state index contributed by atoms with van der Waals surface area (Å²) >= 11 is 0. The number of hydrogen-bond donors (Lipinski definition) is 1. The molecule has 0 saturated carbocycles. The Morgan fingerprint density at radius 3 is 2.53 bits per heavy atom. The van der Waals surface area contributed by atoms with Gasteiger partial charge in [-0.15, -0.1) is 0 Å². The van der Waals surface area contributed by atoms with Crippen molar-refractivity contribution in [3.8, 4) is 11.5 Å². The minimum atomic E-state index is -0.617. The van der Waals surface area contributed by atoms with Crippen LogP contribution in [-0.2, 0) is 22.7 Å². The fraction of sp³-hybridized carbons (Fsp3) is 0.241. The number of nitrogens with one attached hydrogen (secondary N) is 1. The number of aryl methyl sites for hydroxylation is 1. The molecule has 3 aromatic carbocycles. The number of tetrazole rings is 1. The van der Waals surface area contributed by atoms with Crippen molar-refractivity contribution in [1.29, 1.82) is 0 Å². The summed E-state index contributed by atoms with van der Waals surface area (Å²) in [5, 5.41) is 15.2. The Hall–Kier alpha value is -4.66. The third-order valence-corrected chi connectivity index (χ3v) is 6.37. The lowest BCUT2D eigenvalue weighted by Gasteiger charge is -2.28. The number of esters is 1. The van der Waals surface area contributed by atoms with Gasteiger partial charge in [-0.3, -0.25) is 0 Å². The maximum atomic E-state index is 13.4. The summed E-state index contributed by atoms with van der Waals surface area (Å²) in [4.78, 5) is 13.4. The van der Waals surface area contributed by atoms with E-state index >= 15 is 0 Å². The van der Waals surface area contributed by atoms with E-state index < -0.39 is 12.0 Å². The number of nitrogens with zero attached hydrogens (tertiary/aromatic N) is 4. The second kappa shape index (κ2) is 11.2. The molecular weight excluding hydrogens is 482 g/mol. The van der Waals surface area contributed by atoms with Gasteiger partial charge in [0.1, 0.15) is 19.3 Å². The Morgan fingerprint density at radius 1 is 0.947 bits per heavy atom. The van der Waals surface area contributed by atoms with Crippen molar-refractivity contribution in [1.82, 2.24) is 20.2 Å². The molecule has 0 aliphatic carbocycles. The lowest BCUT2D eigenvalue weighted by molar-refractivity contribution is -0.140. The second-order valence-electron chi connectivity index (χ2n) is 8.93. The summed E-state index contributed by atoms with van der Waals surface area (Å²) in [5.41, 5.74) is 4.94. The van der Waals surface area contributed by atoms with Gasteiger partial charge in [0.15, 0.2) is 11.5 Å². The molecular formula is C29H29N5O4. The highest BCUT2D eigenvalue weighted by Crippen LogP contribution is 2.39. The molecule has 4 aromatic rings. The summed E-state index contributed by atoms with van der Waals surface area (Å²) in [6, 6.07) is 22.7. The highest BCUT2D eigenvalue weighted by molar-refractivity contribution is 5.92. The number of fused-ring (bicyclic) bond motifs is 1. The van der Waals surface area contributed by atoms with E-state index in [4.69, 9.17) is 14.2 Å². The van der Waals surface area contributed by atoms with Crippen molar-refractivity contribution in [2.45, 2.75) is 40.0 Å².